The molecule has 0 radical (unpaired) electrons. The van der Waals surface area contributed by atoms with Crippen molar-refractivity contribution in [2.24, 2.45) is 5.92 Å². The number of hydrogen-bond donors (Lipinski definition) is 1. The monoisotopic (exact) mass is 293 g/mol. The van der Waals surface area contributed by atoms with Gasteiger partial charge in [0.15, 0.2) is 0 Å². The number of hydrogen-bond acceptors (Lipinski definition) is 3. The van der Waals surface area contributed by atoms with E-state index in [1.807, 2.05) is 10.3 Å². The molecule has 2 aliphatic rings. The van der Waals surface area contributed by atoms with E-state index in [-0.39, 0.29) is 11.8 Å². The standard InChI is InChI=1S/C16H23NO2S/c1-2-12-6-10-20-14(12)15(18)17-9-8-16(19)7-4-3-5-13(16)11-17/h6,10,13,19H,2-5,7-9,11H2,1H3. The number of piperidine rings is 1. The van der Waals surface area contributed by atoms with Crippen LogP contribution in [0.1, 0.15) is 54.3 Å². The van der Waals surface area contributed by atoms with E-state index in [1.165, 1.54) is 6.42 Å². The molecular formula is C16H23NO2S. The first-order valence-electron chi connectivity index (χ1n) is 7.72. The van der Waals surface area contributed by atoms with Gasteiger partial charge in [-0.1, -0.05) is 19.8 Å². The van der Waals surface area contributed by atoms with Crippen LogP contribution < -0.4 is 0 Å². The summed E-state index contributed by atoms with van der Waals surface area (Å²) in [7, 11) is 0. The third-order valence-electron chi connectivity index (χ3n) is 5.04. The first-order valence-corrected chi connectivity index (χ1v) is 8.60. The van der Waals surface area contributed by atoms with Crippen LogP contribution in [0.5, 0.6) is 0 Å². The Morgan fingerprint density at radius 2 is 2.35 bits per heavy atom. The second-order valence-electron chi connectivity index (χ2n) is 6.18. The molecule has 3 nitrogen and oxygen atoms in total. The van der Waals surface area contributed by atoms with E-state index < -0.39 is 5.60 Å². The van der Waals surface area contributed by atoms with Crippen molar-refractivity contribution >= 4 is 17.2 Å². The lowest BCUT2D eigenvalue weighted by atomic mass is 9.71. The predicted molar refractivity (Wildman–Crippen MR) is 81.1 cm³/mol. The maximum absolute atomic E-state index is 12.7. The summed E-state index contributed by atoms with van der Waals surface area (Å²) in [6, 6.07) is 2.05. The number of nitrogens with zero attached hydrogens (tertiary/aromatic N) is 1. The molecule has 2 unspecified atom stereocenters. The number of rotatable bonds is 2. The maximum atomic E-state index is 12.7. The Hall–Kier alpha value is -0.870. The number of carbonyl (C=O) groups is 1. The van der Waals surface area contributed by atoms with Crippen LogP contribution in [-0.4, -0.2) is 34.6 Å². The molecule has 0 bridgehead atoms. The summed E-state index contributed by atoms with van der Waals surface area (Å²) in [5.74, 6) is 0.448. The molecule has 1 saturated heterocycles. The molecule has 2 atom stereocenters. The SMILES string of the molecule is CCc1ccsc1C(=O)N1CCC2(O)CCCCC2C1. The van der Waals surface area contributed by atoms with Crippen LogP contribution >= 0.6 is 11.3 Å². The number of carbonyl (C=O) groups excluding carboxylic acids is 1. The first kappa shape index (κ1) is 14.1. The highest BCUT2D eigenvalue weighted by Gasteiger charge is 2.44. The lowest BCUT2D eigenvalue weighted by molar-refractivity contribution is -0.0885. The van der Waals surface area contributed by atoms with Crippen LogP contribution in [0.3, 0.4) is 0 Å². The molecule has 2 heterocycles. The second-order valence-corrected chi connectivity index (χ2v) is 7.09. The highest BCUT2D eigenvalue weighted by Crippen LogP contribution is 2.40. The van der Waals surface area contributed by atoms with Crippen molar-refractivity contribution < 1.29 is 9.90 Å². The van der Waals surface area contributed by atoms with Crippen molar-refractivity contribution in [2.45, 2.75) is 51.0 Å². The Balaban J connectivity index is 1.74. The smallest absolute Gasteiger partial charge is 0.264 e. The summed E-state index contributed by atoms with van der Waals surface area (Å²) in [6.07, 6.45) is 5.95. The second kappa shape index (κ2) is 5.49. The fraction of sp³-hybridized carbons (Fsp3) is 0.688. The highest BCUT2D eigenvalue weighted by molar-refractivity contribution is 7.12. The van der Waals surface area contributed by atoms with E-state index in [4.69, 9.17) is 0 Å². The maximum Gasteiger partial charge on any atom is 0.264 e. The zero-order chi connectivity index (χ0) is 14.2. The van der Waals surface area contributed by atoms with E-state index in [0.717, 1.165) is 49.1 Å². The van der Waals surface area contributed by atoms with Crippen molar-refractivity contribution in [3.05, 3.63) is 21.9 Å². The summed E-state index contributed by atoms with van der Waals surface area (Å²) >= 11 is 1.55. The van der Waals surface area contributed by atoms with Gasteiger partial charge in [0.1, 0.15) is 0 Å². The van der Waals surface area contributed by atoms with Crippen molar-refractivity contribution in [3.63, 3.8) is 0 Å². The number of likely N-dealkylation sites (tertiary alicyclic amines) is 1. The van der Waals surface area contributed by atoms with Crippen LogP contribution in [0, 0.1) is 5.92 Å². The van der Waals surface area contributed by atoms with Gasteiger partial charge in [0.2, 0.25) is 0 Å². The summed E-state index contributed by atoms with van der Waals surface area (Å²) in [5.41, 5.74) is 0.655. The molecule has 1 N–H and O–H groups in total. The predicted octanol–water partition coefficient (Wildman–Crippen LogP) is 3.08. The van der Waals surface area contributed by atoms with Crippen LogP contribution in [0.15, 0.2) is 11.4 Å². The molecule has 1 aliphatic carbocycles. The van der Waals surface area contributed by atoms with Gasteiger partial charge in [-0.15, -0.1) is 11.3 Å². The fourth-order valence-corrected chi connectivity index (χ4v) is 4.66. The molecule has 1 aromatic heterocycles. The Bertz CT molecular complexity index is 498. The number of amides is 1. The fourth-order valence-electron chi connectivity index (χ4n) is 3.70. The van der Waals surface area contributed by atoms with E-state index >= 15 is 0 Å². The lowest BCUT2D eigenvalue weighted by Gasteiger charge is -2.47. The minimum absolute atomic E-state index is 0.171. The van der Waals surface area contributed by atoms with Gasteiger partial charge in [-0.2, -0.15) is 0 Å². The van der Waals surface area contributed by atoms with Crippen molar-refractivity contribution in [1.29, 1.82) is 0 Å². The highest BCUT2D eigenvalue weighted by atomic mass is 32.1. The Morgan fingerprint density at radius 1 is 1.50 bits per heavy atom. The van der Waals surface area contributed by atoms with Crippen LogP contribution in [0.2, 0.25) is 0 Å². The molecule has 0 spiro atoms. The molecule has 1 saturated carbocycles. The minimum atomic E-state index is -0.502. The third-order valence-corrected chi connectivity index (χ3v) is 5.98. The van der Waals surface area contributed by atoms with E-state index in [1.54, 1.807) is 11.3 Å². The molecule has 110 valence electrons. The largest absolute Gasteiger partial charge is 0.389 e. The third kappa shape index (κ3) is 2.40. The van der Waals surface area contributed by atoms with Gasteiger partial charge in [0.05, 0.1) is 10.5 Å². The van der Waals surface area contributed by atoms with Gasteiger partial charge in [0, 0.05) is 19.0 Å². The van der Waals surface area contributed by atoms with Crippen molar-refractivity contribution in [2.75, 3.05) is 13.1 Å². The van der Waals surface area contributed by atoms with Gasteiger partial charge in [0.25, 0.3) is 5.91 Å². The van der Waals surface area contributed by atoms with Gasteiger partial charge < -0.3 is 10.0 Å². The van der Waals surface area contributed by atoms with Crippen molar-refractivity contribution in [3.8, 4) is 0 Å². The summed E-state index contributed by atoms with van der Waals surface area (Å²) in [4.78, 5) is 15.5. The number of aliphatic hydroxyl groups is 1. The van der Waals surface area contributed by atoms with Crippen LogP contribution in [0.25, 0.3) is 0 Å². The van der Waals surface area contributed by atoms with Crippen molar-refractivity contribution in [1.82, 2.24) is 4.90 Å². The molecular weight excluding hydrogens is 270 g/mol. The van der Waals surface area contributed by atoms with Crippen LogP contribution in [0.4, 0.5) is 0 Å². The Kier molecular flexibility index (Phi) is 3.87. The molecule has 1 aliphatic heterocycles. The topological polar surface area (TPSA) is 40.5 Å². The van der Waals surface area contributed by atoms with Crippen LogP contribution in [-0.2, 0) is 6.42 Å². The molecule has 1 amide bonds. The summed E-state index contributed by atoms with van der Waals surface area (Å²) in [5, 5.41) is 12.7. The van der Waals surface area contributed by atoms with Gasteiger partial charge in [-0.05, 0) is 42.7 Å². The molecule has 4 heteroatoms. The quantitative estimate of drug-likeness (QED) is 0.910. The summed E-state index contributed by atoms with van der Waals surface area (Å²) < 4.78 is 0. The molecule has 2 fully saturated rings. The summed E-state index contributed by atoms with van der Waals surface area (Å²) in [6.45, 7) is 3.53. The van der Waals surface area contributed by atoms with Gasteiger partial charge >= 0.3 is 0 Å². The number of aryl methyl sites for hydroxylation is 1. The number of thiophene rings is 1. The normalized spacial score (nSPS) is 30.1. The molecule has 1 aromatic rings. The zero-order valence-corrected chi connectivity index (χ0v) is 12.9. The average molecular weight is 293 g/mol. The average Bonchev–Trinajstić information content (AvgIpc) is 2.94. The molecule has 3 rings (SSSR count). The van der Waals surface area contributed by atoms with E-state index in [2.05, 4.69) is 13.0 Å². The van der Waals surface area contributed by atoms with Gasteiger partial charge in [-0.25, -0.2) is 0 Å². The zero-order valence-electron chi connectivity index (χ0n) is 12.1. The Morgan fingerprint density at radius 3 is 3.15 bits per heavy atom. The molecule has 0 aromatic carbocycles. The minimum Gasteiger partial charge on any atom is -0.389 e. The van der Waals surface area contributed by atoms with Gasteiger partial charge in [-0.3, -0.25) is 4.79 Å². The Labute approximate surface area is 124 Å². The molecule has 20 heavy (non-hydrogen) atoms. The van der Waals surface area contributed by atoms with E-state index in [9.17, 15) is 9.90 Å². The lowest BCUT2D eigenvalue weighted by Crippen LogP contribution is -2.54. The first-order chi connectivity index (χ1) is 9.64. The van der Waals surface area contributed by atoms with E-state index in [0.29, 0.717) is 6.54 Å². The number of fused-ring (bicyclic) bond motifs is 1.